The summed E-state index contributed by atoms with van der Waals surface area (Å²) in [5, 5.41) is 0. The average molecular weight is 254 g/mol. The third-order valence-corrected chi connectivity index (χ3v) is 3.61. The highest BCUT2D eigenvalue weighted by Gasteiger charge is 2.15. The second kappa shape index (κ2) is 8.11. The molecule has 2 amide bonds. The Hall–Kier alpha value is -1.06. The van der Waals surface area contributed by atoms with Crippen LogP contribution in [-0.4, -0.2) is 47.8 Å². The number of nitrogens with zero attached hydrogens (tertiary/aromatic N) is 2. The van der Waals surface area contributed by atoms with Crippen molar-refractivity contribution in [1.82, 2.24) is 9.80 Å². The summed E-state index contributed by atoms with van der Waals surface area (Å²) in [6.07, 6.45) is 6.12. The van der Waals surface area contributed by atoms with Crippen molar-refractivity contribution < 1.29 is 9.59 Å². The van der Waals surface area contributed by atoms with Gasteiger partial charge in [0.05, 0.1) is 0 Å². The molecule has 2 heterocycles. The zero-order valence-corrected chi connectivity index (χ0v) is 11.8. The fraction of sp³-hybridized carbons (Fsp3) is 0.857. The van der Waals surface area contributed by atoms with Crippen LogP contribution < -0.4 is 0 Å². The van der Waals surface area contributed by atoms with E-state index in [4.69, 9.17) is 0 Å². The zero-order chi connectivity index (χ0) is 13.4. The van der Waals surface area contributed by atoms with E-state index in [-0.39, 0.29) is 0 Å². The minimum atomic E-state index is 0.337. The summed E-state index contributed by atoms with van der Waals surface area (Å²) in [4.78, 5) is 25.7. The number of carbonyl (C=O) groups is 2. The average Bonchev–Trinajstić information content (AvgIpc) is 2.41. The van der Waals surface area contributed by atoms with Gasteiger partial charge in [0.25, 0.3) is 0 Å². The third-order valence-electron chi connectivity index (χ3n) is 3.61. The van der Waals surface area contributed by atoms with E-state index in [9.17, 15) is 9.59 Å². The molecule has 0 unspecified atom stereocenters. The van der Waals surface area contributed by atoms with Gasteiger partial charge in [-0.1, -0.05) is 0 Å². The monoisotopic (exact) mass is 254 g/mol. The molecule has 104 valence electrons. The maximum absolute atomic E-state index is 11.0. The van der Waals surface area contributed by atoms with Crippen molar-refractivity contribution in [3.63, 3.8) is 0 Å². The molecule has 0 aliphatic carbocycles. The van der Waals surface area contributed by atoms with Gasteiger partial charge in [-0.3, -0.25) is 9.59 Å². The van der Waals surface area contributed by atoms with Crippen LogP contribution in [0.15, 0.2) is 0 Å². The Balaban J connectivity index is 0.000000180. The molecule has 0 bridgehead atoms. The Labute approximate surface area is 110 Å². The maximum Gasteiger partial charge on any atom is 0.222 e. The first-order chi connectivity index (χ1) is 8.69. The Morgan fingerprint density at radius 1 is 0.778 bits per heavy atom. The quantitative estimate of drug-likeness (QED) is 0.756. The Morgan fingerprint density at radius 3 is 1.39 bits per heavy atom. The Kier molecular flexibility index (Phi) is 6.76. The highest BCUT2D eigenvalue weighted by molar-refractivity contribution is 5.77. The zero-order valence-electron chi connectivity index (χ0n) is 11.8. The molecule has 0 aromatic heterocycles. The fourth-order valence-corrected chi connectivity index (χ4v) is 2.39. The molecule has 0 saturated carbocycles. The summed E-state index contributed by atoms with van der Waals surface area (Å²) in [7, 11) is 0. The highest BCUT2D eigenvalue weighted by atomic mass is 16.2. The fourth-order valence-electron chi connectivity index (χ4n) is 2.39. The summed E-state index contributed by atoms with van der Waals surface area (Å²) in [5.74, 6) is 0.674. The van der Waals surface area contributed by atoms with Crippen LogP contribution in [0, 0.1) is 0 Å². The van der Waals surface area contributed by atoms with Crippen LogP contribution in [0.4, 0.5) is 0 Å². The van der Waals surface area contributed by atoms with Gasteiger partial charge >= 0.3 is 0 Å². The van der Waals surface area contributed by atoms with Crippen LogP contribution in [0.25, 0.3) is 0 Å². The molecule has 2 fully saturated rings. The topological polar surface area (TPSA) is 40.6 Å². The molecule has 4 nitrogen and oxygen atoms in total. The molecule has 2 saturated heterocycles. The third kappa shape index (κ3) is 4.67. The summed E-state index contributed by atoms with van der Waals surface area (Å²) in [6.45, 7) is 7.80. The van der Waals surface area contributed by atoms with Crippen LogP contribution >= 0.6 is 0 Å². The lowest BCUT2D eigenvalue weighted by Gasteiger charge is -2.24. The Bertz CT molecular complexity index is 251. The van der Waals surface area contributed by atoms with Crippen molar-refractivity contribution in [2.75, 3.05) is 26.2 Å². The van der Waals surface area contributed by atoms with Crippen molar-refractivity contribution >= 4 is 11.8 Å². The van der Waals surface area contributed by atoms with Crippen LogP contribution in [0.3, 0.4) is 0 Å². The predicted molar refractivity (Wildman–Crippen MR) is 72.2 cm³/mol. The van der Waals surface area contributed by atoms with E-state index in [1.165, 1.54) is 12.8 Å². The lowest BCUT2D eigenvalue weighted by molar-refractivity contribution is -0.133. The van der Waals surface area contributed by atoms with Gasteiger partial charge in [-0.15, -0.1) is 0 Å². The summed E-state index contributed by atoms with van der Waals surface area (Å²) >= 11 is 0. The number of hydrogen-bond donors (Lipinski definition) is 0. The number of likely N-dealkylation sites (tertiary alicyclic amines) is 2. The minimum absolute atomic E-state index is 0.337. The van der Waals surface area contributed by atoms with Crippen molar-refractivity contribution in [3.05, 3.63) is 0 Å². The van der Waals surface area contributed by atoms with Gasteiger partial charge in [-0.2, -0.15) is 0 Å². The lowest BCUT2D eigenvalue weighted by Crippen LogP contribution is -2.34. The van der Waals surface area contributed by atoms with Gasteiger partial charge < -0.3 is 9.80 Å². The summed E-state index contributed by atoms with van der Waals surface area (Å²) < 4.78 is 0. The molecule has 2 aliphatic rings. The largest absolute Gasteiger partial charge is 0.343 e. The molecule has 0 aromatic rings. The molecular formula is C14H26N2O2. The van der Waals surface area contributed by atoms with E-state index in [1.807, 2.05) is 23.6 Å². The van der Waals surface area contributed by atoms with Gasteiger partial charge in [-0.25, -0.2) is 0 Å². The molecule has 0 radical (unpaired) electrons. The molecule has 0 N–H and O–H groups in total. The normalized spacial score (nSPS) is 20.6. The molecule has 0 aromatic carbocycles. The van der Waals surface area contributed by atoms with Crippen molar-refractivity contribution in [2.24, 2.45) is 0 Å². The predicted octanol–water partition coefficient (Wildman–Crippen LogP) is 2.04. The highest BCUT2D eigenvalue weighted by Crippen LogP contribution is 2.09. The number of amides is 2. The van der Waals surface area contributed by atoms with E-state index >= 15 is 0 Å². The Morgan fingerprint density at radius 2 is 1.17 bits per heavy atom. The van der Waals surface area contributed by atoms with Crippen molar-refractivity contribution in [3.8, 4) is 0 Å². The summed E-state index contributed by atoms with van der Waals surface area (Å²) in [6, 6.07) is 0. The number of hydrogen-bond acceptors (Lipinski definition) is 2. The summed E-state index contributed by atoms with van der Waals surface area (Å²) in [5.41, 5.74) is 0. The second-order valence-electron chi connectivity index (χ2n) is 4.86. The van der Waals surface area contributed by atoms with Crippen molar-refractivity contribution in [2.45, 2.75) is 52.4 Å². The maximum atomic E-state index is 11.0. The second-order valence-corrected chi connectivity index (χ2v) is 4.86. The van der Waals surface area contributed by atoms with Gasteiger partial charge in [0.2, 0.25) is 11.8 Å². The molecule has 2 rings (SSSR count). The van der Waals surface area contributed by atoms with Crippen LogP contribution in [0.1, 0.15) is 52.4 Å². The van der Waals surface area contributed by atoms with Gasteiger partial charge in [-0.05, 0) is 39.5 Å². The first-order valence-corrected chi connectivity index (χ1v) is 7.24. The van der Waals surface area contributed by atoms with E-state index in [0.29, 0.717) is 11.8 Å². The molecular weight excluding hydrogens is 228 g/mol. The standard InChI is InChI=1S/2C7H13NO/c2*1-2-8-6-4-3-5-7(8)9/h2*2-6H2,1H3. The number of piperidine rings is 2. The smallest absolute Gasteiger partial charge is 0.222 e. The van der Waals surface area contributed by atoms with Crippen LogP contribution in [0.5, 0.6) is 0 Å². The van der Waals surface area contributed by atoms with Gasteiger partial charge in [0, 0.05) is 39.0 Å². The molecule has 0 spiro atoms. The molecule has 0 atom stereocenters. The molecule has 18 heavy (non-hydrogen) atoms. The first kappa shape index (κ1) is 15.0. The van der Waals surface area contributed by atoms with Gasteiger partial charge in [0.15, 0.2) is 0 Å². The van der Waals surface area contributed by atoms with Crippen LogP contribution in [-0.2, 0) is 9.59 Å². The minimum Gasteiger partial charge on any atom is -0.343 e. The number of carbonyl (C=O) groups excluding carboxylic acids is 2. The molecule has 2 aliphatic heterocycles. The molecule has 4 heteroatoms. The van der Waals surface area contributed by atoms with Crippen molar-refractivity contribution in [1.29, 1.82) is 0 Å². The van der Waals surface area contributed by atoms with E-state index in [1.54, 1.807) is 0 Å². The first-order valence-electron chi connectivity index (χ1n) is 7.24. The van der Waals surface area contributed by atoms with E-state index in [0.717, 1.165) is 51.9 Å². The van der Waals surface area contributed by atoms with Crippen LogP contribution in [0.2, 0.25) is 0 Å². The SMILES string of the molecule is CCN1CCCCC1=O.CCN1CCCCC1=O. The van der Waals surface area contributed by atoms with Gasteiger partial charge in [0.1, 0.15) is 0 Å². The van der Waals surface area contributed by atoms with E-state index < -0.39 is 0 Å². The number of rotatable bonds is 2. The van der Waals surface area contributed by atoms with E-state index in [2.05, 4.69) is 0 Å². The lowest BCUT2D eigenvalue weighted by atomic mass is 10.1.